The van der Waals surface area contributed by atoms with E-state index in [2.05, 4.69) is 6.58 Å². The number of hydrogen-bond acceptors (Lipinski definition) is 2. The summed E-state index contributed by atoms with van der Waals surface area (Å²) >= 11 is 0. The molecule has 0 aromatic rings. The van der Waals surface area contributed by atoms with Crippen LogP contribution in [-0.4, -0.2) is 20.6 Å². The highest BCUT2D eigenvalue weighted by molar-refractivity contribution is 7.45. The summed E-state index contributed by atoms with van der Waals surface area (Å²) in [6, 6.07) is 0. The minimum absolute atomic E-state index is 1.25. The molecule has 0 aliphatic rings. The van der Waals surface area contributed by atoms with Crippen molar-refractivity contribution in [3.63, 3.8) is 0 Å². The Bertz CT molecular complexity index is 108. The third-order valence-electron chi connectivity index (χ3n) is 0. The van der Waals surface area contributed by atoms with Crippen LogP contribution >= 0.6 is 7.82 Å². The van der Waals surface area contributed by atoms with Gasteiger partial charge in [0, 0.05) is 0 Å². The zero-order valence-corrected chi connectivity index (χ0v) is 4.71. The highest BCUT2D eigenvalue weighted by atomic mass is 31.2. The van der Waals surface area contributed by atoms with Gasteiger partial charge < -0.3 is 14.7 Å². The van der Waals surface area contributed by atoms with Crippen LogP contribution in [0.5, 0.6) is 0 Å². The molecule has 8 heavy (non-hydrogen) atoms. The summed E-state index contributed by atoms with van der Waals surface area (Å²) in [6.07, 6.45) is 0. The molecule has 0 amide bonds. The lowest BCUT2D eigenvalue weighted by atomic mass is 11.2. The van der Waals surface area contributed by atoms with Crippen molar-refractivity contribution >= 4 is 13.8 Å². The zero-order valence-electron chi connectivity index (χ0n) is 3.81. The van der Waals surface area contributed by atoms with Gasteiger partial charge in [0.2, 0.25) is 0 Å². The Morgan fingerprint density at radius 2 is 1.38 bits per heavy atom. The average molecular weight is 140 g/mol. The predicted octanol–water partition coefficient (Wildman–Crippen LogP) is -0.925. The molecule has 0 aliphatic carbocycles. The van der Waals surface area contributed by atoms with Gasteiger partial charge in [-0.25, -0.2) is 9.36 Å². The van der Waals surface area contributed by atoms with Crippen molar-refractivity contribution in [1.82, 2.24) is 0 Å². The molecule has 0 bridgehead atoms. The van der Waals surface area contributed by atoms with Crippen molar-refractivity contribution in [3.05, 3.63) is 6.58 Å². The molecule has 0 rings (SSSR count). The van der Waals surface area contributed by atoms with Crippen molar-refractivity contribution in [2.75, 3.05) is 0 Å². The maximum Gasteiger partial charge on any atom is 0.466 e. The molecule has 0 unspecified atom stereocenters. The lowest BCUT2D eigenvalue weighted by Gasteiger charge is -1.82. The van der Waals surface area contributed by atoms with E-state index in [0.29, 0.717) is 0 Å². The first-order valence-corrected chi connectivity index (χ1v) is 2.91. The van der Waals surface area contributed by atoms with E-state index in [4.69, 9.17) is 24.0 Å². The summed E-state index contributed by atoms with van der Waals surface area (Å²) < 4.78 is 8.88. The van der Waals surface area contributed by atoms with E-state index < -0.39 is 7.82 Å². The number of hydrogen-bond donors (Lipinski definition) is 3. The molecule has 3 N–H and O–H groups in total. The number of phosphoric acid groups is 1. The van der Waals surface area contributed by atoms with E-state index in [-0.39, 0.29) is 0 Å². The Morgan fingerprint density at radius 3 is 1.38 bits per heavy atom. The van der Waals surface area contributed by atoms with E-state index in [0.717, 1.165) is 0 Å². The molecule has 48 valence electrons. The highest BCUT2D eigenvalue weighted by Crippen LogP contribution is 2.25. The monoisotopic (exact) mass is 140 g/mol. The van der Waals surface area contributed by atoms with Crippen molar-refractivity contribution in [1.29, 1.82) is 0 Å². The van der Waals surface area contributed by atoms with Gasteiger partial charge in [0.1, 0.15) is 5.94 Å². The first kappa shape index (κ1) is 10.5. The summed E-state index contributed by atoms with van der Waals surface area (Å²) in [7, 11) is -4.64. The lowest BCUT2D eigenvalue weighted by Crippen LogP contribution is -1.66. The minimum Gasteiger partial charge on any atom is -0.303 e. The summed E-state index contributed by atoms with van der Waals surface area (Å²) in [6.45, 7) is 2.68. The zero-order chi connectivity index (χ0) is 7.21. The van der Waals surface area contributed by atoms with Gasteiger partial charge in [-0.2, -0.15) is 0 Å². The molecular weight excluding hydrogens is 135 g/mol. The molecule has 0 heterocycles. The van der Waals surface area contributed by atoms with Crippen LogP contribution in [0.3, 0.4) is 0 Å². The predicted molar refractivity (Wildman–Crippen MR) is 25.6 cm³/mol. The molecule has 0 aliphatic heterocycles. The second-order valence-electron chi connectivity index (χ2n) is 0.658. The molecule has 0 saturated heterocycles. The molecule has 0 radical (unpaired) electrons. The molecule has 6 heteroatoms. The second kappa shape index (κ2) is 4.71. The fourth-order valence-electron chi connectivity index (χ4n) is 0. The molecule has 0 aromatic heterocycles. The van der Waals surface area contributed by atoms with E-state index >= 15 is 0 Å². The van der Waals surface area contributed by atoms with Crippen LogP contribution in [0.25, 0.3) is 0 Å². The van der Waals surface area contributed by atoms with Crippen LogP contribution in [0.15, 0.2) is 6.58 Å². The smallest absolute Gasteiger partial charge is 0.303 e. The van der Waals surface area contributed by atoms with Gasteiger partial charge in [-0.1, -0.05) is 0 Å². The normalized spacial score (nSPS) is 8.38. The van der Waals surface area contributed by atoms with Crippen molar-refractivity contribution < 1.29 is 24.0 Å². The van der Waals surface area contributed by atoms with Gasteiger partial charge in [-0.15, -0.1) is 0 Å². The van der Waals surface area contributed by atoms with Crippen molar-refractivity contribution in [3.8, 4) is 0 Å². The largest absolute Gasteiger partial charge is 0.466 e. The van der Waals surface area contributed by atoms with Crippen LogP contribution in [0.2, 0.25) is 0 Å². The van der Waals surface area contributed by atoms with Crippen molar-refractivity contribution in [2.45, 2.75) is 0 Å². The Morgan fingerprint density at radius 1 is 1.38 bits per heavy atom. The van der Waals surface area contributed by atoms with E-state index in [1.807, 2.05) is 0 Å². The van der Waals surface area contributed by atoms with E-state index in [9.17, 15) is 0 Å². The SMILES string of the molecule is C=C=O.O=P(O)(O)O. The van der Waals surface area contributed by atoms with Gasteiger partial charge in [-0.05, 0) is 6.58 Å². The fourth-order valence-corrected chi connectivity index (χ4v) is 0. The Balaban J connectivity index is 0. The Labute approximate surface area is 45.5 Å². The average Bonchev–Trinajstić information content (AvgIpc) is 1.27. The maximum atomic E-state index is 8.88. The van der Waals surface area contributed by atoms with Gasteiger partial charge in [0.25, 0.3) is 0 Å². The molecule has 0 spiro atoms. The maximum absolute atomic E-state index is 8.88. The topological polar surface area (TPSA) is 94.8 Å². The van der Waals surface area contributed by atoms with Gasteiger partial charge in [-0.3, -0.25) is 0 Å². The van der Waals surface area contributed by atoms with Crippen LogP contribution < -0.4 is 0 Å². The van der Waals surface area contributed by atoms with Crippen LogP contribution in [0.1, 0.15) is 0 Å². The molecule has 5 nitrogen and oxygen atoms in total. The first-order chi connectivity index (χ1) is 3.41. The minimum atomic E-state index is -4.64. The molecule has 0 fully saturated rings. The van der Waals surface area contributed by atoms with E-state index in [1.165, 1.54) is 5.94 Å². The standard InChI is InChI=1S/C2H2O.H3O4P/c1-2-3;1-5(2,3)4/h1H2;(H3,1,2,3,4). The summed E-state index contributed by atoms with van der Waals surface area (Å²) in [5, 5.41) is 0. The number of carbonyl (C=O) groups excluding carboxylic acids is 1. The Kier molecular flexibility index (Phi) is 6.20. The van der Waals surface area contributed by atoms with E-state index in [1.54, 1.807) is 0 Å². The molecular formula is C2H5O5P. The van der Waals surface area contributed by atoms with Crippen LogP contribution in [0, 0.1) is 0 Å². The molecule has 0 aromatic carbocycles. The van der Waals surface area contributed by atoms with Crippen molar-refractivity contribution in [2.24, 2.45) is 0 Å². The Hall–Kier alpha value is -0.440. The van der Waals surface area contributed by atoms with Gasteiger partial charge in [0.15, 0.2) is 0 Å². The number of rotatable bonds is 0. The third kappa shape index (κ3) is 597. The molecule has 0 saturated carbocycles. The van der Waals surface area contributed by atoms with Gasteiger partial charge >= 0.3 is 7.82 Å². The first-order valence-electron chi connectivity index (χ1n) is 1.34. The highest BCUT2D eigenvalue weighted by Gasteiger charge is 2.00. The van der Waals surface area contributed by atoms with Crippen LogP contribution in [-0.2, 0) is 9.36 Å². The molecule has 0 atom stereocenters. The quantitative estimate of drug-likeness (QED) is 0.298. The summed E-state index contributed by atoms with van der Waals surface area (Å²) in [5.41, 5.74) is 0. The van der Waals surface area contributed by atoms with Gasteiger partial charge in [0.05, 0.1) is 0 Å². The summed E-state index contributed by atoms with van der Waals surface area (Å²) in [5.74, 6) is 1.25. The van der Waals surface area contributed by atoms with Crippen LogP contribution in [0.4, 0.5) is 0 Å². The third-order valence-corrected chi connectivity index (χ3v) is 0. The summed E-state index contributed by atoms with van der Waals surface area (Å²) in [4.78, 5) is 30.1. The fraction of sp³-hybridized carbons (Fsp3) is 0. The lowest BCUT2D eigenvalue weighted by molar-refractivity contribution is 0.275. The second-order valence-corrected chi connectivity index (χ2v) is 1.68.